The van der Waals surface area contributed by atoms with Gasteiger partial charge >= 0.3 is 0 Å². The number of sulfone groups is 1. The molecule has 0 saturated carbocycles. The van der Waals surface area contributed by atoms with Crippen molar-refractivity contribution in [1.29, 1.82) is 0 Å². The molecule has 0 amide bonds. The van der Waals surface area contributed by atoms with Gasteiger partial charge in [0.15, 0.2) is 9.84 Å². The highest BCUT2D eigenvalue weighted by Crippen LogP contribution is 2.37. The first-order valence-electron chi connectivity index (χ1n) is 7.76. The Morgan fingerprint density at radius 3 is 2.04 bits per heavy atom. The van der Waals surface area contributed by atoms with Crippen LogP contribution in [-0.2, 0) is 9.84 Å². The van der Waals surface area contributed by atoms with E-state index in [0.29, 0.717) is 4.90 Å². The monoisotopic (exact) mass is 340 g/mol. The molecule has 24 heavy (non-hydrogen) atoms. The van der Waals surface area contributed by atoms with Crippen LogP contribution in [0.5, 0.6) is 5.75 Å². The standard InChI is InChI=1S/C20H20O3S/c1-14-13-16(9-12-20(14)23-2)19-6-4-5-18(19)15-7-10-17(11-8-15)24(3,21)22/h5-13H,4H2,1-3H3. The minimum absolute atomic E-state index is 0.343. The predicted octanol–water partition coefficient (Wildman–Crippen LogP) is 4.28. The van der Waals surface area contributed by atoms with Crippen molar-refractivity contribution >= 4 is 21.0 Å². The molecule has 0 aromatic heterocycles. The van der Waals surface area contributed by atoms with Gasteiger partial charge in [-0.25, -0.2) is 8.42 Å². The largest absolute Gasteiger partial charge is 0.496 e. The van der Waals surface area contributed by atoms with Crippen LogP contribution in [0, 0.1) is 6.92 Å². The first kappa shape index (κ1) is 16.5. The van der Waals surface area contributed by atoms with Gasteiger partial charge in [0, 0.05) is 6.26 Å². The van der Waals surface area contributed by atoms with Gasteiger partial charge in [0.1, 0.15) is 5.75 Å². The molecule has 3 nitrogen and oxygen atoms in total. The Bertz CT molecular complexity index is 933. The average molecular weight is 340 g/mol. The van der Waals surface area contributed by atoms with E-state index >= 15 is 0 Å². The smallest absolute Gasteiger partial charge is 0.175 e. The van der Waals surface area contributed by atoms with Crippen LogP contribution >= 0.6 is 0 Å². The second-order valence-electron chi connectivity index (χ2n) is 5.95. The Kier molecular flexibility index (Phi) is 4.33. The summed E-state index contributed by atoms with van der Waals surface area (Å²) in [6.45, 7) is 2.03. The molecule has 1 aliphatic rings. The van der Waals surface area contributed by atoms with Gasteiger partial charge in [-0.05, 0) is 65.4 Å². The van der Waals surface area contributed by atoms with E-state index in [9.17, 15) is 8.42 Å². The summed E-state index contributed by atoms with van der Waals surface area (Å²) in [5, 5.41) is 0. The average Bonchev–Trinajstić information content (AvgIpc) is 3.03. The molecule has 0 radical (unpaired) electrons. The second kappa shape index (κ2) is 6.29. The molecule has 3 rings (SSSR count). The van der Waals surface area contributed by atoms with Crippen molar-refractivity contribution in [3.63, 3.8) is 0 Å². The summed E-state index contributed by atoms with van der Waals surface area (Å²) in [6.07, 6.45) is 6.47. The van der Waals surface area contributed by atoms with E-state index in [1.165, 1.54) is 11.8 Å². The summed E-state index contributed by atoms with van der Waals surface area (Å²) in [7, 11) is -1.50. The van der Waals surface area contributed by atoms with Gasteiger partial charge in [0.2, 0.25) is 0 Å². The van der Waals surface area contributed by atoms with Crippen molar-refractivity contribution in [2.24, 2.45) is 0 Å². The minimum atomic E-state index is -3.17. The molecule has 0 bridgehead atoms. The molecule has 4 heteroatoms. The number of methoxy groups -OCH3 is 1. The molecule has 1 aliphatic carbocycles. The fraction of sp³-hybridized carbons (Fsp3) is 0.200. The van der Waals surface area contributed by atoms with E-state index in [-0.39, 0.29) is 0 Å². The van der Waals surface area contributed by atoms with Crippen molar-refractivity contribution in [3.8, 4) is 5.75 Å². The Morgan fingerprint density at radius 2 is 1.50 bits per heavy atom. The maximum absolute atomic E-state index is 11.6. The summed E-state index contributed by atoms with van der Waals surface area (Å²) in [5.41, 5.74) is 5.57. The first-order valence-corrected chi connectivity index (χ1v) is 9.65. The highest BCUT2D eigenvalue weighted by Gasteiger charge is 2.16. The van der Waals surface area contributed by atoms with Crippen molar-refractivity contribution < 1.29 is 13.2 Å². The Hall–Kier alpha value is -2.33. The molecule has 0 N–H and O–H groups in total. The van der Waals surface area contributed by atoms with E-state index < -0.39 is 9.84 Å². The Morgan fingerprint density at radius 1 is 0.917 bits per heavy atom. The van der Waals surface area contributed by atoms with Gasteiger partial charge in [-0.3, -0.25) is 0 Å². The molecular weight excluding hydrogens is 320 g/mol. The summed E-state index contributed by atoms with van der Waals surface area (Å²) in [6, 6.07) is 13.2. The molecule has 0 unspecified atom stereocenters. The van der Waals surface area contributed by atoms with E-state index in [2.05, 4.69) is 24.3 Å². The summed E-state index contributed by atoms with van der Waals surface area (Å²) in [4.78, 5) is 0.343. The lowest BCUT2D eigenvalue weighted by Crippen LogP contribution is -1.97. The van der Waals surface area contributed by atoms with E-state index in [0.717, 1.165) is 34.4 Å². The number of aryl methyl sites for hydroxylation is 1. The molecule has 0 aliphatic heterocycles. The number of rotatable bonds is 4. The zero-order valence-corrected chi connectivity index (χ0v) is 14.9. The van der Waals surface area contributed by atoms with Crippen LogP contribution < -0.4 is 4.74 Å². The summed E-state index contributed by atoms with van der Waals surface area (Å²) < 4.78 is 28.6. The predicted molar refractivity (Wildman–Crippen MR) is 97.9 cm³/mol. The Labute approximate surface area is 143 Å². The van der Waals surface area contributed by atoms with Gasteiger partial charge < -0.3 is 4.74 Å². The lowest BCUT2D eigenvalue weighted by Gasteiger charge is -2.12. The van der Waals surface area contributed by atoms with Crippen molar-refractivity contribution in [2.75, 3.05) is 13.4 Å². The number of hydrogen-bond donors (Lipinski definition) is 0. The molecule has 124 valence electrons. The SMILES string of the molecule is COc1ccc(C2=CCC=C2c2ccc(S(C)(=O)=O)cc2)cc1C. The lowest BCUT2D eigenvalue weighted by molar-refractivity contribution is 0.411. The van der Waals surface area contributed by atoms with E-state index in [4.69, 9.17) is 4.74 Å². The van der Waals surface area contributed by atoms with E-state index in [1.807, 2.05) is 25.1 Å². The zero-order chi connectivity index (χ0) is 17.3. The third-order valence-corrected chi connectivity index (χ3v) is 5.36. The van der Waals surface area contributed by atoms with Gasteiger partial charge in [0.05, 0.1) is 12.0 Å². The number of hydrogen-bond acceptors (Lipinski definition) is 3. The molecule has 2 aromatic carbocycles. The maximum atomic E-state index is 11.6. The lowest BCUT2D eigenvalue weighted by atomic mass is 9.94. The van der Waals surface area contributed by atoms with Crippen LogP contribution in [0.25, 0.3) is 11.1 Å². The van der Waals surface area contributed by atoms with Crippen LogP contribution in [0.3, 0.4) is 0 Å². The fourth-order valence-electron chi connectivity index (χ4n) is 2.99. The second-order valence-corrected chi connectivity index (χ2v) is 7.97. The number of ether oxygens (including phenoxy) is 1. The quantitative estimate of drug-likeness (QED) is 0.834. The summed E-state index contributed by atoms with van der Waals surface area (Å²) >= 11 is 0. The first-order chi connectivity index (χ1) is 11.4. The fourth-order valence-corrected chi connectivity index (χ4v) is 3.62. The normalized spacial score (nSPS) is 14.3. The van der Waals surface area contributed by atoms with Crippen LogP contribution in [0.1, 0.15) is 23.1 Å². The zero-order valence-electron chi connectivity index (χ0n) is 14.0. The van der Waals surface area contributed by atoms with Gasteiger partial charge in [-0.2, -0.15) is 0 Å². The minimum Gasteiger partial charge on any atom is -0.496 e. The van der Waals surface area contributed by atoms with Gasteiger partial charge in [-0.1, -0.05) is 30.4 Å². The molecule has 2 aromatic rings. The molecular formula is C20H20O3S. The molecule has 0 heterocycles. The Balaban J connectivity index is 1.95. The third-order valence-electron chi connectivity index (χ3n) is 4.23. The van der Waals surface area contributed by atoms with Crippen LogP contribution in [-0.4, -0.2) is 21.8 Å². The van der Waals surface area contributed by atoms with Crippen molar-refractivity contribution in [3.05, 3.63) is 71.3 Å². The third kappa shape index (κ3) is 3.15. The summed E-state index contributed by atoms with van der Waals surface area (Å²) in [5.74, 6) is 0.875. The van der Waals surface area contributed by atoms with Crippen LogP contribution in [0.15, 0.2) is 59.5 Å². The van der Waals surface area contributed by atoms with Crippen molar-refractivity contribution in [1.82, 2.24) is 0 Å². The highest BCUT2D eigenvalue weighted by molar-refractivity contribution is 7.90. The topological polar surface area (TPSA) is 43.4 Å². The maximum Gasteiger partial charge on any atom is 0.175 e. The van der Waals surface area contributed by atoms with Gasteiger partial charge in [-0.15, -0.1) is 0 Å². The molecule has 0 saturated heterocycles. The van der Waals surface area contributed by atoms with Crippen LogP contribution in [0.4, 0.5) is 0 Å². The number of allylic oxidation sites excluding steroid dienone is 4. The van der Waals surface area contributed by atoms with Gasteiger partial charge in [0.25, 0.3) is 0 Å². The molecule has 0 fully saturated rings. The van der Waals surface area contributed by atoms with E-state index in [1.54, 1.807) is 19.2 Å². The van der Waals surface area contributed by atoms with Crippen LogP contribution in [0.2, 0.25) is 0 Å². The molecule has 0 spiro atoms. The van der Waals surface area contributed by atoms with Crippen molar-refractivity contribution in [2.45, 2.75) is 18.2 Å². The molecule has 0 atom stereocenters. The number of benzene rings is 2. The highest BCUT2D eigenvalue weighted by atomic mass is 32.2.